The van der Waals surface area contributed by atoms with E-state index in [4.69, 9.17) is 21.4 Å². The van der Waals surface area contributed by atoms with Crippen LogP contribution >= 0.6 is 11.3 Å². The van der Waals surface area contributed by atoms with Gasteiger partial charge in [-0.3, -0.25) is 24.0 Å². The third-order valence-corrected chi connectivity index (χ3v) is 13.8. The molecular formula is C47H64N12O6S. The minimum absolute atomic E-state index is 0.000109. The number of hydrogen-bond donors (Lipinski definition) is 4. The van der Waals surface area contributed by atoms with Crippen molar-refractivity contribution >= 4 is 58.7 Å². The lowest BCUT2D eigenvalue weighted by Gasteiger charge is -2.36. The van der Waals surface area contributed by atoms with Crippen molar-refractivity contribution in [2.45, 2.75) is 110 Å². The number of aryl methyl sites for hydroxylation is 1. The van der Waals surface area contributed by atoms with E-state index in [0.29, 0.717) is 63.4 Å². The van der Waals surface area contributed by atoms with Gasteiger partial charge in [-0.2, -0.15) is 15.0 Å². The Hall–Kier alpha value is -5.87. The lowest BCUT2D eigenvalue weighted by atomic mass is 9.85. The van der Waals surface area contributed by atoms with E-state index in [-0.39, 0.29) is 74.6 Å². The summed E-state index contributed by atoms with van der Waals surface area (Å²) in [4.78, 5) is 95.5. The molecule has 3 aromatic rings. The lowest BCUT2D eigenvalue weighted by Crippen LogP contribution is -2.57. The SMILES string of the molecule is C#CCN1CCN(c2nc(N(C)CCC(=O)NC3CC3)nc(N3CCC(CCC(=O)N[C@H](C(=O)N4C[C@H](O)C[C@H]4C(=O)NCc4ccc(-c5scnc5C)cc4)C(C)(C)C)CC3)n2)CC1=O. The fourth-order valence-corrected chi connectivity index (χ4v) is 9.43. The van der Waals surface area contributed by atoms with E-state index in [1.165, 1.54) is 4.90 Å². The highest BCUT2D eigenvalue weighted by Crippen LogP contribution is 2.30. The molecule has 18 nitrogen and oxygen atoms in total. The van der Waals surface area contributed by atoms with Crippen molar-refractivity contribution < 1.29 is 29.1 Å². The fraction of sp³-hybridized carbons (Fsp3) is 0.596. The standard InChI is InChI=1S/C47H64N12O6S/c1-7-19-56-23-24-58(28-39(56)63)46-53-44(55(6)20-18-38(62)50-34-13-14-34)52-45(54-46)57-21-16-31(17-22-57)10-15-37(61)51-41(47(3,4)5)43(65)59-27-35(60)25-36(59)42(64)48-26-32-8-11-33(12-9-32)40-30(2)49-29-66-40/h1,8-9,11-12,29,31,34-36,41,60H,10,13-28H2,2-6H3,(H,48,64)(H,50,62)(H,51,61)/t35-,36+,41-/m1/s1. The zero-order valence-corrected chi connectivity index (χ0v) is 39.6. The number of anilines is 3. The number of piperazine rings is 1. The number of carbonyl (C=O) groups excluding carboxylic acids is 5. The van der Waals surface area contributed by atoms with E-state index >= 15 is 0 Å². The van der Waals surface area contributed by atoms with Gasteiger partial charge in [0.25, 0.3) is 0 Å². The fourth-order valence-electron chi connectivity index (χ4n) is 8.62. The van der Waals surface area contributed by atoms with Crippen LogP contribution in [0.15, 0.2) is 29.8 Å². The van der Waals surface area contributed by atoms with Crippen molar-refractivity contribution in [1.29, 1.82) is 0 Å². The second kappa shape index (κ2) is 21.2. The number of nitrogens with one attached hydrogen (secondary N) is 3. The first-order chi connectivity index (χ1) is 31.6. The molecule has 4 fully saturated rings. The molecule has 0 spiro atoms. The van der Waals surface area contributed by atoms with E-state index in [1.54, 1.807) is 16.2 Å². The number of hydrogen-bond acceptors (Lipinski definition) is 14. The maximum absolute atomic E-state index is 14.2. The number of β-amino-alcohol motifs (C(OH)–C–C–N with tert-alkyl or cyclic N) is 1. The summed E-state index contributed by atoms with van der Waals surface area (Å²) in [7, 11) is 1.84. The van der Waals surface area contributed by atoms with Gasteiger partial charge in [-0.25, -0.2) is 4.98 Å². The van der Waals surface area contributed by atoms with Crippen LogP contribution in [-0.2, 0) is 30.5 Å². The van der Waals surface area contributed by atoms with Gasteiger partial charge in [0, 0.05) is 78.2 Å². The van der Waals surface area contributed by atoms with Crippen molar-refractivity contribution in [3.63, 3.8) is 0 Å². The van der Waals surface area contributed by atoms with Crippen molar-refractivity contribution in [2.75, 3.05) is 74.1 Å². The van der Waals surface area contributed by atoms with Gasteiger partial charge in [0.2, 0.25) is 47.4 Å². The molecule has 5 heterocycles. The molecular weight excluding hydrogens is 861 g/mol. The van der Waals surface area contributed by atoms with Crippen LogP contribution in [0.25, 0.3) is 10.4 Å². The summed E-state index contributed by atoms with van der Waals surface area (Å²) in [5, 5.41) is 19.7. The van der Waals surface area contributed by atoms with Gasteiger partial charge >= 0.3 is 0 Å². The van der Waals surface area contributed by atoms with E-state index in [1.807, 2.05) is 74.3 Å². The maximum Gasteiger partial charge on any atom is 0.246 e. The molecule has 5 amide bonds. The first kappa shape index (κ1) is 48.1. The minimum Gasteiger partial charge on any atom is -0.391 e. The summed E-state index contributed by atoms with van der Waals surface area (Å²) >= 11 is 1.58. The van der Waals surface area contributed by atoms with Gasteiger partial charge in [0.05, 0.1) is 28.7 Å². The molecule has 7 rings (SSSR count). The number of amides is 5. The van der Waals surface area contributed by atoms with E-state index < -0.39 is 29.5 Å². The number of aliphatic hydroxyl groups is 1. The Morgan fingerprint density at radius 3 is 2.32 bits per heavy atom. The molecule has 66 heavy (non-hydrogen) atoms. The molecule has 3 aliphatic heterocycles. The molecule has 4 N–H and O–H groups in total. The molecule has 4 aliphatic rings. The van der Waals surface area contributed by atoms with E-state index in [0.717, 1.165) is 47.4 Å². The Morgan fingerprint density at radius 2 is 1.68 bits per heavy atom. The van der Waals surface area contributed by atoms with Crippen molar-refractivity contribution in [3.05, 3.63) is 41.0 Å². The second-order valence-electron chi connectivity index (χ2n) is 19.1. The van der Waals surface area contributed by atoms with Crippen LogP contribution in [0.3, 0.4) is 0 Å². The monoisotopic (exact) mass is 924 g/mol. The molecule has 1 aromatic carbocycles. The van der Waals surface area contributed by atoms with Crippen LogP contribution in [0.2, 0.25) is 0 Å². The maximum atomic E-state index is 14.2. The average molecular weight is 925 g/mol. The predicted molar refractivity (Wildman–Crippen MR) is 252 cm³/mol. The molecule has 354 valence electrons. The van der Waals surface area contributed by atoms with Gasteiger partial charge in [-0.05, 0) is 61.5 Å². The second-order valence-corrected chi connectivity index (χ2v) is 20.0. The van der Waals surface area contributed by atoms with Crippen molar-refractivity contribution in [1.82, 2.24) is 45.7 Å². The highest BCUT2D eigenvalue weighted by molar-refractivity contribution is 7.13. The Morgan fingerprint density at radius 1 is 0.970 bits per heavy atom. The normalized spacial score (nSPS) is 19.6. The van der Waals surface area contributed by atoms with Gasteiger partial charge < -0.3 is 45.6 Å². The summed E-state index contributed by atoms with van der Waals surface area (Å²) < 4.78 is 0. The van der Waals surface area contributed by atoms with Crippen LogP contribution in [0.1, 0.15) is 83.4 Å². The molecule has 3 atom stereocenters. The molecule has 0 bridgehead atoms. The van der Waals surface area contributed by atoms with Crippen LogP contribution in [-0.4, -0.2) is 148 Å². The summed E-state index contributed by atoms with van der Waals surface area (Å²) in [5.74, 6) is 2.95. The Balaban J connectivity index is 0.927. The average Bonchev–Trinajstić information content (AvgIpc) is 3.87. The molecule has 1 saturated carbocycles. The third kappa shape index (κ3) is 12.3. The third-order valence-electron chi connectivity index (χ3n) is 12.8. The minimum atomic E-state index is -0.913. The van der Waals surface area contributed by atoms with Crippen molar-refractivity contribution in [2.24, 2.45) is 11.3 Å². The molecule has 1 aliphatic carbocycles. The first-order valence-corrected chi connectivity index (χ1v) is 24.0. The number of nitrogens with zero attached hydrogens (tertiary/aromatic N) is 9. The van der Waals surface area contributed by atoms with Crippen LogP contribution in [0, 0.1) is 30.6 Å². The van der Waals surface area contributed by atoms with E-state index in [9.17, 15) is 29.1 Å². The van der Waals surface area contributed by atoms with Crippen LogP contribution < -0.4 is 30.7 Å². The summed E-state index contributed by atoms with van der Waals surface area (Å²) in [5.41, 5.74) is 4.06. The van der Waals surface area contributed by atoms with Crippen LogP contribution in [0.5, 0.6) is 0 Å². The highest BCUT2D eigenvalue weighted by atomic mass is 32.1. The largest absolute Gasteiger partial charge is 0.391 e. The predicted octanol–water partition coefficient (Wildman–Crippen LogP) is 2.50. The molecule has 19 heteroatoms. The van der Waals surface area contributed by atoms with Crippen LogP contribution in [0.4, 0.5) is 17.8 Å². The number of aliphatic hydroxyl groups excluding tert-OH is 1. The highest BCUT2D eigenvalue weighted by Gasteiger charge is 2.44. The Labute approximate surface area is 391 Å². The zero-order chi connectivity index (χ0) is 47.1. The van der Waals surface area contributed by atoms with Gasteiger partial charge in [0.1, 0.15) is 18.6 Å². The van der Waals surface area contributed by atoms with Crippen molar-refractivity contribution in [3.8, 4) is 22.8 Å². The number of terminal acetylenes is 1. The number of carbonyl (C=O) groups is 5. The summed E-state index contributed by atoms with van der Waals surface area (Å²) in [6.45, 7) is 10.8. The van der Waals surface area contributed by atoms with Gasteiger partial charge in [0.15, 0.2) is 0 Å². The number of thiazole rings is 1. The number of likely N-dealkylation sites (tertiary alicyclic amines) is 1. The number of rotatable bonds is 17. The molecule has 2 aromatic heterocycles. The van der Waals surface area contributed by atoms with Gasteiger partial charge in [-0.15, -0.1) is 17.8 Å². The smallest absolute Gasteiger partial charge is 0.246 e. The lowest BCUT2D eigenvalue weighted by molar-refractivity contribution is -0.144. The topological polar surface area (TPSA) is 209 Å². The molecule has 0 radical (unpaired) electrons. The van der Waals surface area contributed by atoms with E-state index in [2.05, 4.69) is 31.8 Å². The first-order valence-electron chi connectivity index (χ1n) is 23.1. The summed E-state index contributed by atoms with van der Waals surface area (Å²) in [6, 6.07) is 6.39. The summed E-state index contributed by atoms with van der Waals surface area (Å²) in [6.07, 6.45) is 9.44. The Bertz CT molecular complexity index is 2260. The Kier molecular flexibility index (Phi) is 15.4. The number of benzene rings is 1. The number of piperidine rings is 1. The molecule has 3 saturated heterocycles. The quantitative estimate of drug-likeness (QED) is 0.144. The number of aromatic nitrogens is 4. The zero-order valence-electron chi connectivity index (χ0n) is 38.8. The van der Waals surface area contributed by atoms with Gasteiger partial charge in [-0.1, -0.05) is 51.0 Å². The molecule has 0 unspecified atom stereocenters.